The van der Waals surface area contributed by atoms with Crippen LogP contribution in [-0.4, -0.2) is 37.4 Å². The van der Waals surface area contributed by atoms with Crippen molar-refractivity contribution in [2.45, 2.75) is 12.8 Å². The molecule has 1 aromatic carbocycles. The molecule has 1 amide bonds. The Morgan fingerprint density at radius 2 is 2.11 bits per heavy atom. The molecule has 0 atom stereocenters. The summed E-state index contributed by atoms with van der Waals surface area (Å²) in [5.74, 6) is -2.31. The van der Waals surface area contributed by atoms with Gasteiger partial charge >= 0.3 is 0 Å². The van der Waals surface area contributed by atoms with Crippen molar-refractivity contribution in [2.75, 3.05) is 26.4 Å². The van der Waals surface area contributed by atoms with E-state index in [9.17, 15) is 13.6 Å². The van der Waals surface area contributed by atoms with Crippen LogP contribution in [0.5, 0.6) is 0 Å². The van der Waals surface area contributed by atoms with Crippen LogP contribution in [0.1, 0.15) is 12.0 Å². The molecule has 106 valence electrons. The number of hydrogen-bond donors (Lipinski definition) is 2. The van der Waals surface area contributed by atoms with Crippen LogP contribution in [0.15, 0.2) is 18.2 Å². The predicted octanol–water partition coefficient (Wildman–Crippen LogP) is 1.02. The molecule has 0 spiro atoms. The molecule has 1 rings (SSSR count). The maximum absolute atomic E-state index is 13.3. The van der Waals surface area contributed by atoms with Gasteiger partial charge in [-0.25, -0.2) is 8.78 Å². The van der Waals surface area contributed by atoms with Crippen molar-refractivity contribution < 1.29 is 23.4 Å². The van der Waals surface area contributed by atoms with Gasteiger partial charge in [0.1, 0.15) is 0 Å². The van der Waals surface area contributed by atoms with Gasteiger partial charge in [0, 0.05) is 18.7 Å². The molecule has 0 aromatic heterocycles. The third-order valence-corrected chi connectivity index (χ3v) is 2.41. The van der Waals surface area contributed by atoms with Crippen LogP contribution < -0.4 is 5.32 Å². The molecule has 4 nitrogen and oxygen atoms in total. The SMILES string of the molecule is O=C(Cc1cccc(F)c1F)NCCCOCCO. The van der Waals surface area contributed by atoms with Gasteiger partial charge in [-0.15, -0.1) is 0 Å². The Bertz CT molecular complexity index is 413. The van der Waals surface area contributed by atoms with E-state index in [1.54, 1.807) is 0 Å². The number of aliphatic hydroxyl groups is 1. The van der Waals surface area contributed by atoms with Gasteiger partial charge in [0.25, 0.3) is 0 Å². The van der Waals surface area contributed by atoms with Crippen LogP contribution in [0, 0.1) is 11.6 Å². The molecule has 0 bridgehead atoms. The summed E-state index contributed by atoms with van der Waals surface area (Å²) in [5, 5.41) is 11.0. The molecule has 0 radical (unpaired) electrons. The number of ether oxygens (including phenoxy) is 1. The summed E-state index contributed by atoms with van der Waals surface area (Å²) in [6.45, 7) is 1.05. The second-order valence-corrected chi connectivity index (χ2v) is 3.93. The van der Waals surface area contributed by atoms with Crippen molar-refractivity contribution in [1.82, 2.24) is 5.32 Å². The van der Waals surface area contributed by atoms with Crippen molar-refractivity contribution in [3.63, 3.8) is 0 Å². The molecule has 1 aromatic rings. The lowest BCUT2D eigenvalue weighted by Crippen LogP contribution is -2.27. The lowest BCUT2D eigenvalue weighted by Gasteiger charge is -2.06. The summed E-state index contributed by atoms with van der Waals surface area (Å²) in [7, 11) is 0. The van der Waals surface area contributed by atoms with E-state index >= 15 is 0 Å². The second kappa shape index (κ2) is 8.55. The first kappa shape index (κ1) is 15.5. The highest BCUT2D eigenvalue weighted by Gasteiger charge is 2.11. The Labute approximate surface area is 110 Å². The highest BCUT2D eigenvalue weighted by Crippen LogP contribution is 2.11. The number of carbonyl (C=O) groups is 1. The predicted molar refractivity (Wildman–Crippen MR) is 65.6 cm³/mol. The maximum atomic E-state index is 13.3. The highest BCUT2D eigenvalue weighted by atomic mass is 19.2. The molecule has 0 aliphatic heterocycles. The highest BCUT2D eigenvalue weighted by molar-refractivity contribution is 5.78. The molecule has 2 N–H and O–H groups in total. The van der Waals surface area contributed by atoms with E-state index in [-0.39, 0.29) is 31.1 Å². The van der Waals surface area contributed by atoms with Crippen molar-refractivity contribution in [1.29, 1.82) is 0 Å². The van der Waals surface area contributed by atoms with Crippen LogP contribution in [0.4, 0.5) is 8.78 Å². The monoisotopic (exact) mass is 273 g/mol. The number of rotatable bonds is 8. The third-order valence-electron chi connectivity index (χ3n) is 2.41. The van der Waals surface area contributed by atoms with Crippen LogP contribution in [0.3, 0.4) is 0 Å². The molecule has 0 heterocycles. The van der Waals surface area contributed by atoms with E-state index in [0.29, 0.717) is 19.6 Å². The van der Waals surface area contributed by atoms with Crippen molar-refractivity contribution >= 4 is 5.91 Å². The number of halogens is 2. The molecular weight excluding hydrogens is 256 g/mol. The molecule has 0 unspecified atom stereocenters. The van der Waals surface area contributed by atoms with Crippen LogP contribution in [-0.2, 0) is 16.0 Å². The van der Waals surface area contributed by atoms with Crippen molar-refractivity contribution in [2.24, 2.45) is 0 Å². The second-order valence-electron chi connectivity index (χ2n) is 3.93. The maximum Gasteiger partial charge on any atom is 0.224 e. The number of benzene rings is 1. The van der Waals surface area contributed by atoms with Gasteiger partial charge < -0.3 is 15.2 Å². The average Bonchev–Trinajstić information content (AvgIpc) is 2.39. The molecule has 19 heavy (non-hydrogen) atoms. The van der Waals surface area contributed by atoms with Gasteiger partial charge in [0.2, 0.25) is 5.91 Å². The first-order valence-corrected chi connectivity index (χ1v) is 6.03. The number of nitrogens with one attached hydrogen (secondary N) is 1. The Kier molecular flexibility index (Phi) is 6.99. The summed E-state index contributed by atoms with van der Waals surface area (Å²) >= 11 is 0. The molecule has 0 aliphatic rings. The van der Waals surface area contributed by atoms with E-state index in [2.05, 4.69) is 5.32 Å². The molecule has 0 fully saturated rings. The van der Waals surface area contributed by atoms with Gasteiger partial charge in [-0.3, -0.25) is 4.79 Å². The Morgan fingerprint density at radius 1 is 1.32 bits per heavy atom. The minimum absolute atomic E-state index is 0.0361. The largest absolute Gasteiger partial charge is 0.394 e. The topological polar surface area (TPSA) is 58.6 Å². The molecule has 6 heteroatoms. The van der Waals surface area contributed by atoms with Crippen LogP contribution >= 0.6 is 0 Å². The summed E-state index contributed by atoms with van der Waals surface area (Å²) in [5.41, 5.74) is 0.0361. The average molecular weight is 273 g/mol. The normalized spacial score (nSPS) is 10.5. The van der Waals surface area contributed by atoms with E-state index in [1.807, 2.05) is 0 Å². The zero-order valence-electron chi connectivity index (χ0n) is 10.5. The number of carbonyl (C=O) groups excluding carboxylic acids is 1. The van der Waals surface area contributed by atoms with E-state index < -0.39 is 11.6 Å². The Balaban J connectivity index is 2.26. The molecule has 0 saturated carbocycles. The summed E-state index contributed by atoms with van der Waals surface area (Å²) in [6.07, 6.45) is 0.401. The summed E-state index contributed by atoms with van der Waals surface area (Å²) < 4.78 is 31.2. The molecule has 0 saturated heterocycles. The van der Waals surface area contributed by atoms with E-state index in [1.165, 1.54) is 12.1 Å². The Hall–Kier alpha value is -1.53. The first-order chi connectivity index (χ1) is 9.15. The van der Waals surface area contributed by atoms with Gasteiger partial charge in [-0.05, 0) is 12.5 Å². The quantitative estimate of drug-likeness (QED) is 0.695. The fraction of sp³-hybridized carbons (Fsp3) is 0.462. The first-order valence-electron chi connectivity index (χ1n) is 6.03. The van der Waals surface area contributed by atoms with Crippen molar-refractivity contribution in [3.05, 3.63) is 35.4 Å². The van der Waals surface area contributed by atoms with Gasteiger partial charge in [0.05, 0.1) is 19.6 Å². The third kappa shape index (κ3) is 5.76. The van der Waals surface area contributed by atoms with Crippen molar-refractivity contribution in [3.8, 4) is 0 Å². The lowest BCUT2D eigenvalue weighted by atomic mass is 10.1. The number of amides is 1. The summed E-state index contributed by atoms with van der Waals surface area (Å²) in [6, 6.07) is 3.75. The van der Waals surface area contributed by atoms with Crippen LogP contribution in [0.25, 0.3) is 0 Å². The minimum atomic E-state index is -0.982. The number of aliphatic hydroxyl groups excluding tert-OH is 1. The molecule has 0 aliphatic carbocycles. The van der Waals surface area contributed by atoms with E-state index in [4.69, 9.17) is 9.84 Å². The van der Waals surface area contributed by atoms with Gasteiger partial charge in [0.15, 0.2) is 11.6 Å². The van der Waals surface area contributed by atoms with Gasteiger partial charge in [-0.2, -0.15) is 0 Å². The minimum Gasteiger partial charge on any atom is -0.394 e. The van der Waals surface area contributed by atoms with E-state index in [0.717, 1.165) is 6.07 Å². The smallest absolute Gasteiger partial charge is 0.224 e. The summed E-state index contributed by atoms with van der Waals surface area (Å²) in [4.78, 5) is 11.5. The number of hydrogen-bond acceptors (Lipinski definition) is 3. The molecular formula is C13H17F2NO3. The zero-order valence-corrected chi connectivity index (χ0v) is 10.5. The van der Waals surface area contributed by atoms with Gasteiger partial charge in [-0.1, -0.05) is 12.1 Å². The fourth-order valence-electron chi connectivity index (χ4n) is 1.49. The Morgan fingerprint density at radius 3 is 2.84 bits per heavy atom. The van der Waals surface area contributed by atoms with Crippen LogP contribution in [0.2, 0.25) is 0 Å². The zero-order chi connectivity index (χ0) is 14.1. The standard InChI is InChI=1S/C13H17F2NO3/c14-11-4-1-3-10(13(11)15)9-12(18)16-5-2-7-19-8-6-17/h1,3-4,17H,2,5-9H2,(H,16,18). The fourth-order valence-corrected chi connectivity index (χ4v) is 1.49. The lowest BCUT2D eigenvalue weighted by molar-refractivity contribution is -0.120.